The number of anilines is 2. The molecule has 0 aliphatic carbocycles. The highest BCUT2D eigenvalue weighted by Gasteiger charge is 2.21. The summed E-state index contributed by atoms with van der Waals surface area (Å²) in [6, 6.07) is 6.74. The molecule has 7 nitrogen and oxygen atoms in total. The molecule has 1 aliphatic heterocycles. The number of hydrogen-bond donors (Lipinski definition) is 2. The Kier molecular flexibility index (Phi) is 3.87. The Balaban J connectivity index is 1.54. The summed E-state index contributed by atoms with van der Waals surface area (Å²) >= 11 is 0. The maximum absolute atomic E-state index is 13.5. The third kappa shape index (κ3) is 3.07. The van der Waals surface area contributed by atoms with E-state index in [9.17, 15) is 9.18 Å². The van der Waals surface area contributed by atoms with E-state index in [-0.39, 0.29) is 17.4 Å². The number of nitrogens with zero attached hydrogens (tertiary/aromatic N) is 4. The van der Waals surface area contributed by atoms with Crippen molar-refractivity contribution < 1.29 is 4.39 Å². The summed E-state index contributed by atoms with van der Waals surface area (Å²) in [6.45, 7) is 1.60. The lowest BCUT2D eigenvalue weighted by atomic mass is 10.0. The highest BCUT2D eigenvalue weighted by molar-refractivity contribution is 5.74. The van der Waals surface area contributed by atoms with Crippen molar-refractivity contribution in [2.75, 3.05) is 23.3 Å². The Labute approximate surface area is 143 Å². The van der Waals surface area contributed by atoms with Crippen LogP contribution in [0.15, 0.2) is 35.3 Å². The van der Waals surface area contributed by atoms with Gasteiger partial charge in [-0.1, -0.05) is 6.07 Å². The van der Waals surface area contributed by atoms with Gasteiger partial charge in [-0.15, -0.1) is 0 Å². The van der Waals surface area contributed by atoms with E-state index in [0.29, 0.717) is 17.0 Å². The second kappa shape index (κ2) is 6.19. The molecule has 8 heteroatoms. The number of piperidine rings is 1. The first-order valence-electron chi connectivity index (χ1n) is 8.29. The average Bonchev–Trinajstić information content (AvgIpc) is 2.97. The minimum Gasteiger partial charge on any atom is -0.369 e. The van der Waals surface area contributed by atoms with Crippen LogP contribution in [-0.2, 0) is 7.05 Å². The molecule has 1 saturated heterocycles. The number of hydrogen-bond acceptors (Lipinski definition) is 5. The second-order valence-electron chi connectivity index (χ2n) is 6.33. The van der Waals surface area contributed by atoms with Crippen LogP contribution in [0.2, 0.25) is 0 Å². The smallest absolute Gasteiger partial charge is 0.263 e. The number of nitrogens with one attached hydrogen (secondary N) is 2. The molecule has 0 amide bonds. The molecule has 4 rings (SSSR count). The van der Waals surface area contributed by atoms with E-state index in [1.54, 1.807) is 23.9 Å². The molecule has 0 spiro atoms. The molecule has 3 aromatic rings. The first-order valence-corrected chi connectivity index (χ1v) is 8.29. The lowest BCUT2D eigenvalue weighted by molar-refractivity contribution is 0.526. The van der Waals surface area contributed by atoms with Crippen molar-refractivity contribution in [2.45, 2.75) is 18.9 Å². The Morgan fingerprint density at radius 2 is 2.28 bits per heavy atom. The van der Waals surface area contributed by atoms with Crippen molar-refractivity contribution in [1.29, 1.82) is 0 Å². The van der Waals surface area contributed by atoms with E-state index in [1.807, 2.05) is 6.07 Å². The van der Waals surface area contributed by atoms with E-state index >= 15 is 0 Å². The van der Waals surface area contributed by atoms with E-state index < -0.39 is 0 Å². The molecule has 2 aromatic heterocycles. The number of halogens is 1. The van der Waals surface area contributed by atoms with Gasteiger partial charge in [-0.2, -0.15) is 10.1 Å². The van der Waals surface area contributed by atoms with Gasteiger partial charge in [0.15, 0.2) is 5.65 Å². The van der Waals surface area contributed by atoms with Crippen molar-refractivity contribution in [3.05, 3.63) is 46.6 Å². The highest BCUT2D eigenvalue weighted by atomic mass is 19.1. The molecule has 0 saturated carbocycles. The molecule has 25 heavy (non-hydrogen) atoms. The monoisotopic (exact) mass is 342 g/mol. The van der Waals surface area contributed by atoms with E-state index in [1.165, 1.54) is 12.3 Å². The summed E-state index contributed by atoms with van der Waals surface area (Å²) in [7, 11) is 1.75. The molecular weight excluding hydrogens is 323 g/mol. The van der Waals surface area contributed by atoms with Gasteiger partial charge in [0.1, 0.15) is 11.2 Å². The normalized spacial score (nSPS) is 17.8. The fourth-order valence-electron chi connectivity index (χ4n) is 3.30. The number of rotatable bonds is 3. The molecule has 1 atom stereocenters. The number of benzene rings is 1. The maximum Gasteiger partial charge on any atom is 0.263 e. The lowest BCUT2D eigenvalue weighted by Gasteiger charge is -2.34. The number of aryl methyl sites for hydroxylation is 1. The summed E-state index contributed by atoms with van der Waals surface area (Å²) in [4.78, 5) is 21.5. The van der Waals surface area contributed by atoms with Crippen molar-refractivity contribution in [1.82, 2.24) is 19.7 Å². The molecule has 2 N–H and O–H groups in total. The van der Waals surface area contributed by atoms with Gasteiger partial charge in [-0.3, -0.25) is 14.5 Å². The van der Waals surface area contributed by atoms with Crippen LogP contribution in [0.1, 0.15) is 12.8 Å². The molecule has 0 unspecified atom stereocenters. The van der Waals surface area contributed by atoms with Crippen LogP contribution >= 0.6 is 0 Å². The van der Waals surface area contributed by atoms with Gasteiger partial charge in [-0.25, -0.2) is 4.39 Å². The van der Waals surface area contributed by atoms with E-state index in [0.717, 1.165) is 31.6 Å². The summed E-state index contributed by atoms with van der Waals surface area (Å²) in [5, 5.41) is 7.84. The SMILES string of the molecule is Cn1ncc2c(=O)[nH]c(N[C@@H]3CCCN(c4cccc(F)c4)C3)nc21. The van der Waals surface area contributed by atoms with Gasteiger partial charge in [0.2, 0.25) is 5.95 Å². The summed E-state index contributed by atoms with van der Waals surface area (Å²) < 4.78 is 15.0. The molecule has 0 bridgehead atoms. The standard InChI is InChI=1S/C17H19FN6O/c1-23-15-14(9-19-23)16(25)22-17(21-15)20-12-5-3-7-24(10-12)13-6-2-4-11(18)8-13/h2,4,6,8-9,12H,3,5,7,10H2,1H3,(H2,20,21,22,25)/t12-/m1/s1. The average molecular weight is 342 g/mol. The Morgan fingerprint density at radius 1 is 1.40 bits per heavy atom. The third-order valence-corrected chi connectivity index (χ3v) is 4.54. The van der Waals surface area contributed by atoms with Crippen LogP contribution in [0.4, 0.5) is 16.0 Å². The first kappa shape index (κ1) is 15.6. The minimum absolute atomic E-state index is 0.117. The summed E-state index contributed by atoms with van der Waals surface area (Å²) in [5.41, 5.74) is 1.21. The predicted molar refractivity (Wildman–Crippen MR) is 94.4 cm³/mol. The molecule has 1 fully saturated rings. The van der Waals surface area contributed by atoms with E-state index in [4.69, 9.17) is 0 Å². The van der Waals surface area contributed by atoms with E-state index in [2.05, 4.69) is 25.3 Å². The quantitative estimate of drug-likeness (QED) is 0.760. The Bertz CT molecular complexity index is 965. The van der Waals surface area contributed by atoms with Gasteiger partial charge in [0, 0.05) is 31.9 Å². The predicted octanol–water partition coefficient (Wildman–Crippen LogP) is 1.88. The number of aromatic nitrogens is 4. The van der Waals surface area contributed by atoms with Crippen molar-refractivity contribution in [3.63, 3.8) is 0 Å². The zero-order valence-corrected chi connectivity index (χ0v) is 13.9. The molecule has 3 heterocycles. The van der Waals surface area contributed by atoms with Crippen molar-refractivity contribution >= 4 is 22.7 Å². The van der Waals surface area contributed by atoms with Gasteiger partial charge in [0.05, 0.1) is 6.20 Å². The number of fused-ring (bicyclic) bond motifs is 1. The fraction of sp³-hybridized carbons (Fsp3) is 0.353. The molecule has 1 aromatic carbocycles. The molecular formula is C17H19FN6O. The molecule has 1 aliphatic rings. The topological polar surface area (TPSA) is 78.8 Å². The summed E-state index contributed by atoms with van der Waals surface area (Å²) in [6.07, 6.45) is 3.45. The lowest BCUT2D eigenvalue weighted by Crippen LogP contribution is -2.42. The van der Waals surface area contributed by atoms with Crippen LogP contribution in [0.3, 0.4) is 0 Å². The minimum atomic E-state index is -0.236. The zero-order chi connectivity index (χ0) is 17.4. The Hall–Kier alpha value is -2.90. The summed E-state index contributed by atoms with van der Waals surface area (Å²) in [5.74, 6) is 0.201. The van der Waals surface area contributed by atoms with Gasteiger partial charge < -0.3 is 10.2 Å². The van der Waals surface area contributed by atoms with Crippen LogP contribution in [-0.4, -0.2) is 38.9 Å². The van der Waals surface area contributed by atoms with Crippen LogP contribution < -0.4 is 15.8 Å². The molecule has 130 valence electrons. The first-order chi connectivity index (χ1) is 12.1. The Morgan fingerprint density at radius 3 is 3.12 bits per heavy atom. The van der Waals surface area contributed by atoms with Crippen LogP contribution in [0, 0.1) is 5.82 Å². The van der Waals surface area contributed by atoms with Crippen LogP contribution in [0.25, 0.3) is 11.0 Å². The largest absolute Gasteiger partial charge is 0.369 e. The number of aromatic amines is 1. The van der Waals surface area contributed by atoms with Gasteiger partial charge in [0.25, 0.3) is 5.56 Å². The zero-order valence-electron chi connectivity index (χ0n) is 13.9. The second-order valence-corrected chi connectivity index (χ2v) is 6.33. The number of H-pyrrole nitrogens is 1. The van der Waals surface area contributed by atoms with Crippen molar-refractivity contribution in [3.8, 4) is 0 Å². The maximum atomic E-state index is 13.5. The van der Waals surface area contributed by atoms with Gasteiger partial charge in [-0.05, 0) is 31.0 Å². The van der Waals surface area contributed by atoms with Crippen molar-refractivity contribution in [2.24, 2.45) is 7.05 Å². The molecule has 0 radical (unpaired) electrons. The van der Waals surface area contributed by atoms with Gasteiger partial charge >= 0.3 is 0 Å². The fourth-order valence-corrected chi connectivity index (χ4v) is 3.30. The third-order valence-electron chi connectivity index (χ3n) is 4.54. The van der Waals surface area contributed by atoms with Crippen LogP contribution in [0.5, 0.6) is 0 Å². The highest BCUT2D eigenvalue weighted by Crippen LogP contribution is 2.22.